The summed E-state index contributed by atoms with van der Waals surface area (Å²) in [6, 6.07) is 10.9. The first-order valence-corrected chi connectivity index (χ1v) is 5.75. The van der Waals surface area contributed by atoms with Crippen molar-refractivity contribution in [2.24, 2.45) is 0 Å². The first kappa shape index (κ1) is 12.1. The van der Waals surface area contributed by atoms with Crippen LogP contribution >= 0.6 is 0 Å². The lowest BCUT2D eigenvalue weighted by Crippen LogP contribution is -2.08. The molecular formula is C14H14N2O2. The van der Waals surface area contributed by atoms with Crippen molar-refractivity contribution in [3.8, 4) is 11.5 Å². The van der Waals surface area contributed by atoms with Crippen molar-refractivity contribution in [2.45, 2.75) is 13.3 Å². The summed E-state index contributed by atoms with van der Waals surface area (Å²) in [6.45, 7) is 1.81. The highest BCUT2D eigenvalue weighted by Gasteiger charge is 2.00. The van der Waals surface area contributed by atoms with Crippen molar-refractivity contribution in [3.05, 3.63) is 48.8 Å². The fourth-order valence-corrected chi connectivity index (χ4v) is 1.40. The van der Waals surface area contributed by atoms with Crippen molar-refractivity contribution in [1.82, 2.24) is 4.98 Å². The third-order valence-electron chi connectivity index (χ3n) is 2.33. The summed E-state index contributed by atoms with van der Waals surface area (Å²) in [5, 5.41) is 2.78. The van der Waals surface area contributed by atoms with Crippen molar-refractivity contribution in [1.29, 1.82) is 0 Å². The molecule has 1 amide bonds. The highest BCUT2D eigenvalue weighted by molar-refractivity contribution is 5.90. The predicted octanol–water partition coefficient (Wildman–Crippen LogP) is 3.22. The summed E-state index contributed by atoms with van der Waals surface area (Å²) < 4.78 is 5.59. The average molecular weight is 242 g/mol. The minimum absolute atomic E-state index is 0.00377. The van der Waals surface area contributed by atoms with Gasteiger partial charge < -0.3 is 10.1 Å². The van der Waals surface area contributed by atoms with Crippen LogP contribution < -0.4 is 10.1 Å². The Hall–Kier alpha value is -2.36. The minimum atomic E-state index is -0.00377. The zero-order valence-corrected chi connectivity index (χ0v) is 10.1. The van der Waals surface area contributed by atoms with E-state index in [1.807, 2.05) is 19.1 Å². The van der Waals surface area contributed by atoms with Crippen molar-refractivity contribution >= 4 is 11.6 Å². The summed E-state index contributed by atoms with van der Waals surface area (Å²) >= 11 is 0. The molecule has 1 aromatic heterocycles. The van der Waals surface area contributed by atoms with E-state index in [9.17, 15) is 4.79 Å². The topological polar surface area (TPSA) is 51.2 Å². The molecule has 0 saturated carbocycles. The SMILES string of the molecule is CCC(=O)Nc1ccc(Oc2cccnc2)cc1. The van der Waals surface area contributed by atoms with Gasteiger partial charge in [-0.1, -0.05) is 6.92 Å². The number of benzene rings is 1. The molecule has 0 radical (unpaired) electrons. The molecule has 0 bridgehead atoms. The van der Waals surface area contributed by atoms with Crippen LogP contribution in [0.5, 0.6) is 11.5 Å². The zero-order chi connectivity index (χ0) is 12.8. The molecule has 0 aliphatic rings. The second-order valence-corrected chi connectivity index (χ2v) is 3.72. The van der Waals surface area contributed by atoms with Crippen LogP contribution in [0.4, 0.5) is 5.69 Å². The summed E-state index contributed by atoms with van der Waals surface area (Å²) in [7, 11) is 0. The maximum atomic E-state index is 11.2. The van der Waals surface area contributed by atoms with Crippen LogP contribution in [0, 0.1) is 0 Å². The molecule has 18 heavy (non-hydrogen) atoms. The average Bonchev–Trinajstić information content (AvgIpc) is 2.42. The second kappa shape index (κ2) is 5.82. The Balaban J connectivity index is 2.02. The fraction of sp³-hybridized carbons (Fsp3) is 0.143. The molecule has 0 spiro atoms. The smallest absolute Gasteiger partial charge is 0.224 e. The Bertz CT molecular complexity index is 509. The number of hydrogen-bond donors (Lipinski definition) is 1. The number of carbonyl (C=O) groups excluding carboxylic acids is 1. The first-order chi connectivity index (χ1) is 8.78. The Morgan fingerprint density at radius 3 is 2.61 bits per heavy atom. The van der Waals surface area contributed by atoms with E-state index in [2.05, 4.69) is 10.3 Å². The zero-order valence-electron chi connectivity index (χ0n) is 10.1. The van der Waals surface area contributed by atoms with Gasteiger partial charge in [0, 0.05) is 18.3 Å². The van der Waals surface area contributed by atoms with E-state index in [1.165, 1.54) is 0 Å². The van der Waals surface area contributed by atoms with E-state index >= 15 is 0 Å². The maximum Gasteiger partial charge on any atom is 0.224 e. The molecule has 92 valence electrons. The van der Waals surface area contributed by atoms with Crippen LogP contribution in [-0.4, -0.2) is 10.9 Å². The molecule has 2 rings (SSSR count). The Labute approximate surface area is 106 Å². The normalized spacial score (nSPS) is 9.83. The van der Waals surface area contributed by atoms with Crippen LogP contribution in [0.2, 0.25) is 0 Å². The van der Waals surface area contributed by atoms with E-state index in [0.29, 0.717) is 17.9 Å². The van der Waals surface area contributed by atoms with E-state index in [1.54, 1.807) is 36.7 Å². The van der Waals surface area contributed by atoms with Gasteiger partial charge in [0.15, 0.2) is 0 Å². The lowest BCUT2D eigenvalue weighted by molar-refractivity contribution is -0.115. The van der Waals surface area contributed by atoms with E-state index in [-0.39, 0.29) is 5.91 Å². The molecule has 0 atom stereocenters. The van der Waals surface area contributed by atoms with Gasteiger partial charge in [-0.3, -0.25) is 9.78 Å². The van der Waals surface area contributed by atoms with Gasteiger partial charge in [0.2, 0.25) is 5.91 Å². The molecule has 0 aliphatic carbocycles. The third kappa shape index (κ3) is 3.31. The second-order valence-electron chi connectivity index (χ2n) is 3.72. The number of nitrogens with one attached hydrogen (secondary N) is 1. The van der Waals surface area contributed by atoms with Gasteiger partial charge in [-0.15, -0.1) is 0 Å². The van der Waals surface area contributed by atoms with E-state index in [0.717, 1.165) is 5.69 Å². The van der Waals surface area contributed by atoms with Crippen molar-refractivity contribution in [2.75, 3.05) is 5.32 Å². The van der Waals surface area contributed by atoms with Crippen molar-refractivity contribution in [3.63, 3.8) is 0 Å². The van der Waals surface area contributed by atoms with E-state index < -0.39 is 0 Å². The molecule has 0 saturated heterocycles. The number of hydrogen-bond acceptors (Lipinski definition) is 3. The number of amides is 1. The Morgan fingerprint density at radius 1 is 1.22 bits per heavy atom. The third-order valence-corrected chi connectivity index (χ3v) is 2.33. The van der Waals surface area contributed by atoms with Gasteiger partial charge in [0.05, 0.1) is 6.20 Å². The van der Waals surface area contributed by atoms with Crippen molar-refractivity contribution < 1.29 is 9.53 Å². The highest BCUT2D eigenvalue weighted by Crippen LogP contribution is 2.21. The van der Waals surface area contributed by atoms with Gasteiger partial charge in [-0.05, 0) is 36.4 Å². The van der Waals surface area contributed by atoms with Gasteiger partial charge >= 0.3 is 0 Å². The summed E-state index contributed by atoms with van der Waals surface area (Å²) in [4.78, 5) is 15.2. The number of ether oxygens (including phenoxy) is 1. The summed E-state index contributed by atoms with van der Waals surface area (Å²) in [5.74, 6) is 1.39. The quantitative estimate of drug-likeness (QED) is 0.895. The molecule has 1 aromatic carbocycles. The van der Waals surface area contributed by atoms with E-state index in [4.69, 9.17) is 4.74 Å². The minimum Gasteiger partial charge on any atom is -0.456 e. The molecule has 0 aliphatic heterocycles. The standard InChI is InChI=1S/C14H14N2O2/c1-2-14(17)16-11-5-7-12(8-6-11)18-13-4-3-9-15-10-13/h3-10H,2H2,1H3,(H,16,17). The van der Waals surface area contributed by atoms with Gasteiger partial charge in [0.1, 0.15) is 11.5 Å². The van der Waals surface area contributed by atoms with Crippen LogP contribution in [-0.2, 0) is 4.79 Å². The largest absolute Gasteiger partial charge is 0.456 e. The lowest BCUT2D eigenvalue weighted by Gasteiger charge is -2.07. The molecule has 4 nitrogen and oxygen atoms in total. The van der Waals surface area contributed by atoms with Crippen LogP contribution in [0.1, 0.15) is 13.3 Å². The molecular weight excluding hydrogens is 228 g/mol. The Morgan fingerprint density at radius 2 is 2.00 bits per heavy atom. The fourth-order valence-electron chi connectivity index (χ4n) is 1.40. The molecule has 1 heterocycles. The molecule has 0 unspecified atom stereocenters. The first-order valence-electron chi connectivity index (χ1n) is 5.75. The predicted molar refractivity (Wildman–Crippen MR) is 69.7 cm³/mol. The number of pyridine rings is 1. The van der Waals surface area contributed by atoms with Gasteiger partial charge in [0.25, 0.3) is 0 Å². The molecule has 2 aromatic rings. The number of carbonyl (C=O) groups is 1. The number of anilines is 1. The molecule has 1 N–H and O–H groups in total. The van der Waals surface area contributed by atoms with Gasteiger partial charge in [-0.25, -0.2) is 0 Å². The Kier molecular flexibility index (Phi) is 3.91. The highest BCUT2D eigenvalue weighted by atomic mass is 16.5. The maximum absolute atomic E-state index is 11.2. The van der Waals surface area contributed by atoms with Crippen LogP contribution in [0.15, 0.2) is 48.8 Å². The lowest BCUT2D eigenvalue weighted by atomic mass is 10.3. The number of nitrogens with zero attached hydrogens (tertiary/aromatic N) is 1. The number of rotatable bonds is 4. The van der Waals surface area contributed by atoms with Crippen LogP contribution in [0.25, 0.3) is 0 Å². The molecule has 0 fully saturated rings. The van der Waals surface area contributed by atoms with Crippen LogP contribution in [0.3, 0.4) is 0 Å². The van der Waals surface area contributed by atoms with Gasteiger partial charge in [-0.2, -0.15) is 0 Å². The number of aromatic nitrogens is 1. The molecule has 4 heteroatoms. The summed E-state index contributed by atoms with van der Waals surface area (Å²) in [6.07, 6.45) is 3.80. The summed E-state index contributed by atoms with van der Waals surface area (Å²) in [5.41, 5.74) is 0.764. The monoisotopic (exact) mass is 242 g/mol.